The third-order valence-electron chi connectivity index (χ3n) is 8.21. The number of nitrogens with zero attached hydrogens (tertiary/aromatic N) is 3. The Morgan fingerprint density at radius 1 is 1.11 bits per heavy atom. The van der Waals surface area contributed by atoms with E-state index in [1.165, 1.54) is 66.2 Å². The van der Waals surface area contributed by atoms with Gasteiger partial charge in [-0.3, -0.25) is 14.4 Å². The fourth-order valence-electron chi connectivity index (χ4n) is 5.55. The highest BCUT2D eigenvalue weighted by Crippen LogP contribution is 2.42. The summed E-state index contributed by atoms with van der Waals surface area (Å²) in [5.41, 5.74) is 5.53. The maximum absolute atomic E-state index is 14.6. The maximum Gasteiger partial charge on any atom is 0.387 e. The fraction of sp³-hybridized carbons (Fsp3) is 0.212. The number of carbonyl (C=O) groups is 3. The predicted octanol–water partition coefficient (Wildman–Crippen LogP) is 5.66. The highest BCUT2D eigenvalue weighted by molar-refractivity contribution is 6.31. The zero-order valence-corrected chi connectivity index (χ0v) is 26.2. The average molecular weight is 669 g/mol. The Morgan fingerprint density at radius 2 is 1.80 bits per heavy atom. The molecule has 46 heavy (non-hydrogen) atoms. The van der Waals surface area contributed by atoms with Crippen LogP contribution in [0.3, 0.4) is 0 Å². The maximum atomic E-state index is 14.6. The summed E-state index contributed by atoms with van der Waals surface area (Å²) in [5, 5.41) is 13.6. The van der Waals surface area contributed by atoms with Crippen LogP contribution in [-0.2, 0) is 16.1 Å². The lowest BCUT2D eigenvalue weighted by molar-refractivity contribution is -0.133. The molecule has 1 aliphatic heterocycles. The summed E-state index contributed by atoms with van der Waals surface area (Å²) < 4.78 is 32.0. The largest absolute Gasteiger partial charge is 0.434 e. The molecule has 4 aromatic rings. The Morgan fingerprint density at radius 3 is 2.43 bits per heavy atom. The molecular weight excluding hydrogens is 639 g/mol. The number of primary amides is 1. The molecule has 0 saturated carbocycles. The van der Waals surface area contributed by atoms with E-state index in [1.54, 1.807) is 36.4 Å². The molecule has 2 atom stereocenters. The SMILES string of the molecule is CNC(C)(C(N)=O)[C@@H]1CN(C(=O)c2ccc(C#N)cc2)c2cc(Cl)ccc2N(Cc2c(OC(F)F)ccc3ccccc23)C1=O.Cl. The van der Waals surface area contributed by atoms with Gasteiger partial charge in [0.25, 0.3) is 5.91 Å². The molecule has 5 rings (SSSR count). The number of nitrogens with one attached hydrogen (secondary N) is 1. The highest BCUT2D eigenvalue weighted by Gasteiger charge is 2.49. The van der Waals surface area contributed by atoms with Crippen LogP contribution in [0.2, 0.25) is 5.02 Å². The quantitative estimate of drug-likeness (QED) is 0.249. The van der Waals surface area contributed by atoms with Gasteiger partial charge in [-0.15, -0.1) is 12.4 Å². The lowest BCUT2D eigenvalue weighted by atomic mass is 9.83. The second-order valence-electron chi connectivity index (χ2n) is 10.7. The smallest absolute Gasteiger partial charge is 0.387 e. The first-order valence-corrected chi connectivity index (χ1v) is 14.2. The second-order valence-corrected chi connectivity index (χ2v) is 11.1. The molecule has 1 heterocycles. The first-order valence-electron chi connectivity index (χ1n) is 13.9. The molecule has 0 aromatic heterocycles. The molecule has 4 aromatic carbocycles. The number of ether oxygens (including phenoxy) is 1. The van der Waals surface area contributed by atoms with E-state index in [9.17, 15) is 28.4 Å². The van der Waals surface area contributed by atoms with Crippen molar-refractivity contribution in [2.75, 3.05) is 23.4 Å². The number of nitriles is 1. The summed E-state index contributed by atoms with van der Waals surface area (Å²) in [5.74, 6) is -3.35. The molecule has 1 aliphatic rings. The number of carbonyl (C=O) groups excluding carboxylic acids is 3. The highest BCUT2D eigenvalue weighted by atomic mass is 35.5. The number of fused-ring (bicyclic) bond motifs is 2. The van der Waals surface area contributed by atoms with E-state index in [4.69, 9.17) is 22.1 Å². The number of alkyl halides is 2. The number of benzene rings is 4. The van der Waals surface area contributed by atoms with Crippen molar-refractivity contribution in [3.05, 3.63) is 101 Å². The molecular formula is C33H29Cl2F2N5O4. The Labute approximate surface area is 274 Å². The van der Waals surface area contributed by atoms with E-state index in [-0.39, 0.29) is 53.2 Å². The lowest BCUT2D eigenvalue weighted by Crippen LogP contribution is -2.63. The third-order valence-corrected chi connectivity index (χ3v) is 8.45. The van der Waals surface area contributed by atoms with E-state index in [0.29, 0.717) is 16.5 Å². The molecule has 3 N–H and O–H groups in total. The van der Waals surface area contributed by atoms with Crippen LogP contribution in [0.5, 0.6) is 5.75 Å². The van der Waals surface area contributed by atoms with Gasteiger partial charge in [-0.2, -0.15) is 14.0 Å². The van der Waals surface area contributed by atoms with Crippen molar-refractivity contribution in [2.24, 2.45) is 11.7 Å². The normalized spacial score (nSPS) is 15.8. The van der Waals surface area contributed by atoms with Crippen molar-refractivity contribution in [3.63, 3.8) is 0 Å². The van der Waals surface area contributed by atoms with E-state index in [0.717, 1.165) is 5.39 Å². The van der Waals surface area contributed by atoms with Crippen LogP contribution in [-0.4, -0.2) is 43.5 Å². The minimum Gasteiger partial charge on any atom is -0.434 e. The van der Waals surface area contributed by atoms with E-state index >= 15 is 0 Å². The number of hydrogen-bond donors (Lipinski definition) is 2. The number of hydrogen-bond acceptors (Lipinski definition) is 6. The molecule has 0 radical (unpaired) electrons. The summed E-state index contributed by atoms with van der Waals surface area (Å²) >= 11 is 6.43. The second kappa shape index (κ2) is 13.7. The number of halogens is 4. The van der Waals surface area contributed by atoms with Crippen molar-refractivity contribution in [1.82, 2.24) is 5.32 Å². The van der Waals surface area contributed by atoms with Gasteiger partial charge < -0.3 is 25.6 Å². The Kier molecular flexibility index (Phi) is 10.2. The number of rotatable bonds is 8. The Bertz CT molecular complexity index is 1850. The summed E-state index contributed by atoms with van der Waals surface area (Å²) in [6.45, 7) is -2.22. The van der Waals surface area contributed by atoms with Crippen LogP contribution in [0, 0.1) is 17.2 Å². The van der Waals surface area contributed by atoms with Crippen LogP contribution in [0.4, 0.5) is 20.2 Å². The van der Waals surface area contributed by atoms with Crippen LogP contribution < -0.4 is 25.6 Å². The van der Waals surface area contributed by atoms with Crippen molar-refractivity contribution in [2.45, 2.75) is 25.6 Å². The number of nitrogens with two attached hydrogens (primary N) is 1. The summed E-state index contributed by atoms with van der Waals surface area (Å²) in [6.07, 6.45) is 0. The lowest BCUT2D eigenvalue weighted by Gasteiger charge is -2.36. The van der Waals surface area contributed by atoms with Gasteiger partial charge in [0.15, 0.2) is 0 Å². The molecule has 9 nitrogen and oxygen atoms in total. The molecule has 0 fully saturated rings. The van der Waals surface area contributed by atoms with Crippen molar-refractivity contribution in [3.8, 4) is 11.8 Å². The van der Waals surface area contributed by atoms with Gasteiger partial charge in [-0.25, -0.2) is 0 Å². The first-order chi connectivity index (χ1) is 21.5. The molecule has 13 heteroatoms. The molecule has 0 aliphatic carbocycles. The van der Waals surface area contributed by atoms with Gasteiger partial charge in [0.1, 0.15) is 11.3 Å². The number of amides is 3. The van der Waals surface area contributed by atoms with Crippen LogP contribution in [0.15, 0.2) is 78.9 Å². The summed E-state index contributed by atoms with van der Waals surface area (Å²) in [7, 11) is 1.48. The zero-order chi connectivity index (χ0) is 32.5. The van der Waals surface area contributed by atoms with Crippen LogP contribution in [0.25, 0.3) is 10.8 Å². The van der Waals surface area contributed by atoms with Gasteiger partial charge in [-0.05, 0) is 73.3 Å². The molecule has 238 valence electrons. The Hall–Kier alpha value is -4.76. The van der Waals surface area contributed by atoms with Gasteiger partial charge in [0.2, 0.25) is 11.8 Å². The van der Waals surface area contributed by atoms with Crippen LogP contribution in [0.1, 0.15) is 28.4 Å². The number of likely N-dealkylation sites (N-methyl/N-ethyl adjacent to an activating group) is 1. The van der Waals surface area contributed by atoms with E-state index in [1.807, 2.05) is 6.07 Å². The molecule has 3 amide bonds. The van der Waals surface area contributed by atoms with Crippen molar-refractivity contribution >= 4 is 63.9 Å². The summed E-state index contributed by atoms with van der Waals surface area (Å²) in [6, 6.07) is 22.7. The third kappa shape index (κ3) is 6.33. The topological polar surface area (TPSA) is 129 Å². The zero-order valence-electron chi connectivity index (χ0n) is 24.7. The molecule has 0 bridgehead atoms. The molecule has 0 spiro atoms. The van der Waals surface area contributed by atoms with Crippen molar-refractivity contribution in [1.29, 1.82) is 5.26 Å². The molecule has 0 saturated heterocycles. The molecule has 1 unspecified atom stereocenters. The van der Waals surface area contributed by atoms with Gasteiger partial charge in [-0.1, -0.05) is 41.9 Å². The van der Waals surface area contributed by atoms with Gasteiger partial charge >= 0.3 is 6.61 Å². The first kappa shape index (κ1) is 34.1. The van der Waals surface area contributed by atoms with Crippen molar-refractivity contribution < 1.29 is 27.9 Å². The fourth-order valence-corrected chi connectivity index (χ4v) is 5.71. The van der Waals surface area contributed by atoms with Gasteiger partial charge in [0, 0.05) is 22.7 Å². The minimum absolute atomic E-state index is 0. The number of anilines is 2. The van der Waals surface area contributed by atoms with E-state index in [2.05, 4.69) is 5.32 Å². The Balaban J connectivity index is 0.00000480. The monoisotopic (exact) mass is 667 g/mol. The minimum atomic E-state index is -3.13. The standard InChI is InChI=1S/C33H28ClF2N5O4.ClH/c1-33(39-2,31(38)44)25-18-41(29(42)21-9-7-19(16-37)8-10-21)27-15-22(34)12-13-26(27)40(30(25)43)17-24-23-6-4-3-5-20(23)11-14-28(24)45-32(35)36;/h3-15,25,32,39H,17-18H2,1-2H3,(H2,38,44);1H/t25-,33?;/m1./s1. The predicted molar refractivity (Wildman–Crippen MR) is 173 cm³/mol. The van der Waals surface area contributed by atoms with Gasteiger partial charge in [0.05, 0.1) is 35.5 Å². The van der Waals surface area contributed by atoms with E-state index < -0.39 is 35.8 Å². The van der Waals surface area contributed by atoms with Crippen LogP contribution >= 0.6 is 24.0 Å². The average Bonchev–Trinajstić information content (AvgIpc) is 3.15. The summed E-state index contributed by atoms with van der Waals surface area (Å²) in [4.78, 5) is 44.3.